The number of nitrogens with one attached hydrogen (secondary N) is 1. The Kier molecular flexibility index (Phi) is 5.21. The van der Waals surface area contributed by atoms with Crippen LogP contribution in [-0.4, -0.2) is 23.2 Å². The van der Waals surface area contributed by atoms with Crippen molar-refractivity contribution in [1.82, 2.24) is 5.32 Å². The van der Waals surface area contributed by atoms with Crippen LogP contribution in [0, 0.1) is 5.41 Å². The highest BCUT2D eigenvalue weighted by Crippen LogP contribution is 2.53. The average molecular weight is 421 g/mol. The molecular weight excluding hydrogens is 395 g/mol. The number of ether oxygens (including phenoxy) is 1. The molecule has 2 bridgehead atoms. The molecule has 0 aliphatic heterocycles. The molecule has 0 aromatic heterocycles. The van der Waals surface area contributed by atoms with Crippen molar-refractivity contribution in [3.8, 4) is 5.75 Å². The summed E-state index contributed by atoms with van der Waals surface area (Å²) in [5.74, 6) is -0.828. The summed E-state index contributed by atoms with van der Waals surface area (Å²) in [6.45, 7) is 2.78. The van der Waals surface area contributed by atoms with Crippen LogP contribution in [-0.2, 0) is 22.3 Å². The summed E-state index contributed by atoms with van der Waals surface area (Å²) >= 11 is 0. The number of halogens is 3. The second-order valence-electron chi connectivity index (χ2n) is 8.65. The lowest BCUT2D eigenvalue weighted by Gasteiger charge is -2.52. The molecule has 2 N–H and O–H groups in total. The number of alkyl halides is 3. The summed E-state index contributed by atoms with van der Waals surface area (Å²) in [5.41, 5.74) is -0.468. The van der Waals surface area contributed by atoms with E-state index in [1.54, 1.807) is 12.1 Å². The van der Waals surface area contributed by atoms with Gasteiger partial charge in [0.2, 0.25) is 0 Å². The number of aromatic hydroxyl groups is 1. The summed E-state index contributed by atoms with van der Waals surface area (Å²) in [4.78, 5) is 12.4. The molecule has 0 heterocycles. The minimum absolute atomic E-state index is 0.000957. The molecular formula is C23H26F3NO3. The number of hydrogen-bond donors (Lipinski definition) is 2. The van der Waals surface area contributed by atoms with Crippen LogP contribution in [0.3, 0.4) is 0 Å². The van der Waals surface area contributed by atoms with Crippen LogP contribution in [0.25, 0.3) is 10.8 Å². The normalized spacial score (nSPS) is 26.1. The fourth-order valence-corrected chi connectivity index (χ4v) is 5.11. The number of carbonyl (C=O) groups excluding carboxylic acids is 1. The molecule has 2 aromatic carbocycles. The molecule has 30 heavy (non-hydrogen) atoms. The van der Waals surface area contributed by atoms with Crippen molar-refractivity contribution in [2.45, 2.75) is 63.7 Å². The van der Waals surface area contributed by atoms with Gasteiger partial charge in [-0.25, -0.2) is 0 Å². The molecule has 0 spiro atoms. The maximum absolute atomic E-state index is 13.3. The fourth-order valence-electron chi connectivity index (χ4n) is 5.11. The van der Waals surface area contributed by atoms with Gasteiger partial charge in [0.15, 0.2) is 0 Å². The number of hydrogen-bond acceptors (Lipinski definition) is 4. The Balaban J connectivity index is 1.48. The third kappa shape index (κ3) is 3.64. The van der Waals surface area contributed by atoms with E-state index >= 15 is 0 Å². The maximum Gasteiger partial charge on any atom is 0.420 e. The topological polar surface area (TPSA) is 58.6 Å². The van der Waals surface area contributed by atoms with Crippen molar-refractivity contribution < 1.29 is 27.8 Å². The second-order valence-corrected chi connectivity index (χ2v) is 8.65. The molecule has 3 saturated carbocycles. The van der Waals surface area contributed by atoms with E-state index < -0.39 is 17.5 Å². The Bertz CT molecular complexity index is 946. The van der Waals surface area contributed by atoms with Gasteiger partial charge in [0.1, 0.15) is 11.3 Å². The quantitative estimate of drug-likeness (QED) is 0.643. The Labute approximate surface area is 173 Å². The van der Waals surface area contributed by atoms with Gasteiger partial charge in [-0.15, -0.1) is 0 Å². The van der Waals surface area contributed by atoms with Gasteiger partial charge in [0, 0.05) is 12.1 Å². The zero-order valence-electron chi connectivity index (χ0n) is 16.9. The minimum Gasteiger partial charge on any atom is -0.507 e. The molecule has 7 heteroatoms. The van der Waals surface area contributed by atoms with Crippen LogP contribution in [0.4, 0.5) is 13.2 Å². The van der Waals surface area contributed by atoms with E-state index in [4.69, 9.17) is 4.74 Å². The van der Waals surface area contributed by atoms with Gasteiger partial charge in [-0.05, 0) is 73.9 Å². The van der Waals surface area contributed by atoms with Crippen LogP contribution >= 0.6 is 0 Å². The monoisotopic (exact) mass is 421 g/mol. The largest absolute Gasteiger partial charge is 0.507 e. The molecule has 0 unspecified atom stereocenters. The molecule has 0 saturated heterocycles. The van der Waals surface area contributed by atoms with E-state index in [1.165, 1.54) is 12.1 Å². The van der Waals surface area contributed by atoms with Crippen molar-refractivity contribution >= 4 is 16.7 Å². The molecule has 3 aliphatic carbocycles. The first-order chi connectivity index (χ1) is 14.2. The standard InChI is InChI=1S/C23H26F3NO3/c1-2-30-20(29)21-7-10-22(11-8-21,12-9-21)27-14-15-3-5-17-16(13-15)4-6-18(28)19(17)23(24,25)26/h3-6,13,27-28H,2,7-12,14H2,1H3. The predicted octanol–water partition coefficient (Wildman–Crippen LogP) is 5.31. The lowest BCUT2D eigenvalue weighted by molar-refractivity contribution is -0.163. The Morgan fingerprint density at radius 2 is 1.77 bits per heavy atom. The third-order valence-corrected chi connectivity index (χ3v) is 6.97. The zero-order valence-corrected chi connectivity index (χ0v) is 16.9. The number of phenols is 1. The van der Waals surface area contributed by atoms with Crippen LogP contribution in [0.1, 0.15) is 56.6 Å². The number of esters is 1. The van der Waals surface area contributed by atoms with E-state index in [0.717, 1.165) is 50.2 Å². The lowest BCUT2D eigenvalue weighted by atomic mass is 9.57. The van der Waals surface area contributed by atoms with Crippen LogP contribution in [0.2, 0.25) is 0 Å². The third-order valence-electron chi connectivity index (χ3n) is 6.97. The first-order valence-electron chi connectivity index (χ1n) is 10.4. The van der Waals surface area contributed by atoms with Crippen molar-refractivity contribution in [2.75, 3.05) is 6.61 Å². The van der Waals surface area contributed by atoms with E-state index in [9.17, 15) is 23.1 Å². The summed E-state index contributed by atoms with van der Waals surface area (Å²) < 4.78 is 45.2. The van der Waals surface area contributed by atoms with E-state index in [1.807, 2.05) is 6.92 Å². The highest BCUT2D eigenvalue weighted by Gasteiger charge is 2.52. The Morgan fingerprint density at radius 3 is 2.37 bits per heavy atom. The number of phenolic OH excluding ortho intramolecular Hbond substituents is 1. The van der Waals surface area contributed by atoms with Crippen molar-refractivity contribution in [3.05, 3.63) is 41.5 Å². The van der Waals surface area contributed by atoms with E-state index in [2.05, 4.69) is 5.32 Å². The second kappa shape index (κ2) is 7.45. The molecule has 2 aromatic rings. The van der Waals surface area contributed by atoms with Gasteiger partial charge in [-0.1, -0.05) is 18.2 Å². The molecule has 0 atom stereocenters. The van der Waals surface area contributed by atoms with Gasteiger partial charge in [-0.3, -0.25) is 4.79 Å². The van der Waals surface area contributed by atoms with Crippen molar-refractivity contribution in [1.29, 1.82) is 0 Å². The average Bonchev–Trinajstić information content (AvgIpc) is 2.73. The van der Waals surface area contributed by atoms with Crippen LogP contribution in [0.15, 0.2) is 30.3 Å². The van der Waals surface area contributed by atoms with E-state index in [-0.39, 0.29) is 22.3 Å². The molecule has 0 amide bonds. The first-order valence-corrected chi connectivity index (χ1v) is 10.4. The van der Waals surface area contributed by atoms with Gasteiger partial charge < -0.3 is 15.2 Å². The van der Waals surface area contributed by atoms with Gasteiger partial charge >= 0.3 is 12.1 Å². The smallest absolute Gasteiger partial charge is 0.420 e. The van der Waals surface area contributed by atoms with Crippen LogP contribution in [0.5, 0.6) is 5.75 Å². The zero-order chi connectivity index (χ0) is 21.6. The molecule has 4 nitrogen and oxygen atoms in total. The summed E-state index contributed by atoms with van der Waals surface area (Å²) in [7, 11) is 0. The van der Waals surface area contributed by atoms with Crippen molar-refractivity contribution in [3.63, 3.8) is 0 Å². The lowest BCUT2D eigenvalue weighted by Crippen LogP contribution is -2.56. The number of benzene rings is 2. The van der Waals surface area contributed by atoms with E-state index in [0.29, 0.717) is 18.5 Å². The summed E-state index contributed by atoms with van der Waals surface area (Å²) in [6, 6.07) is 7.45. The highest BCUT2D eigenvalue weighted by atomic mass is 19.4. The number of rotatable bonds is 5. The minimum atomic E-state index is -4.61. The molecule has 0 radical (unpaired) electrons. The summed E-state index contributed by atoms with van der Waals surface area (Å²) in [6.07, 6.45) is 0.501. The maximum atomic E-state index is 13.3. The molecule has 5 rings (SSSR count). The number of carbonyl (C=O) groups is 1. The van der Waals surface area contributed by atoms with Gasteiger partial charge in [0.05, 0.1) is 12.0 Å². The SMILES string of the molecule is CCOC(=O)C12CCC(NCc3ccc4c(C(F)(F)F)c(O)ccc4c3)(CC1)CC2. The molecule has 3 aliphatic rings. The van der Waals surface area contributed by atoms with Crippen LogP contribution < -0.4 is 5.32 Å². The fraction of sp³-hybridized carbons (Fsp3) is 0.522. The highest BCUT2D eigenvalue weighted by molar-refractivity contribution is 5.88. The molecule has 162 valence electrons. The predicted molar refractivity (Wildman–Crippen MR) is 107 cm³/mol. The Morgan fingerprint density at radius 1 is 1.10 bits per heavy atom. The van der Waals surface area contributed by atoms with Crippen molar-refractivity contribution in [2.24, 2.45) is 5.41 Å². The van der Waals surface area contributed by atoms with Gasteiger partial charge in [-0.2, -0.15) is 13.2 Å². The Hall–Kier alpha value is -2.28. The van der Waals surface area contributed by atoms with Gasteiger partial charge in [0.25, 0.3) is 0 Å². The number of fused-ring (bicyclic) bond motifs is 4. The summed E-state index contributed by atoms with van der Waals surface area (Å²) in [5, 5.41) is 13.8. The molecule has 3 fully saturated rings. The first kappa shape index (κ1) is 21.0.